The Labute approximate surface area is 121 Å². The number of urea groups is 1. The molecule has 2 aliphatic rings. The standard InChI is InChI=1S/C15H27N3O2/c1-20-11-10-18-9-5-8-14(18)12-16-15(19)17-13-6-3-2-4-7-13/h3,6,13-14H,2,4-5,7-12H2,1H3,(H2,16,17,19)/t13-,14-/m0/s1. The molecule has 2 N–H and O–H groups in total. The maximum Gasteiger partial charge on any atom is 0.315 e. The molecule has 0 radical (unpaired) electrons. The van der Waals surface area contributed by atoms with Crippen LogP contribution in [0.3, 0.4) is 0 Å². The lowest BCUT2D eigenvalue weighted by molar-refractivity contribution is 0.140. The van der Waals surface area contributed by atoms with Crippen molar-refractivity contribution in [3.8, 4) is 0 Å². The van der Waals surface area contributed by atoms with Gasteiger partial charge in [-0.2, -0.15) is 0 Å². The minimum atomic E-state index is -0.0415. The third-order valence-electron chi connectivity index (χ3n) is 4.15. The molecule has 0 saturated carbocycles. The average Bonchev–Trinajstić information content (AvgIpc) is 2.91. The van der Waals surface area contributed by atoms with Crippen LogP contribution >= 0.6 is 0 Å². The predicted octanol–water partition coefficient (Wildman–Crippen LogP) is 1.51. The Kier molecular flexibility index (Phi) is 6.33. The number of rotatable bonds is 6. The van der Waals surface area contributed by atoms with Crippen LogP contribution in [0.15, 0.2) is 12.2 Å². The van der Waals surface area contributed by atoms with Crippen molar-refractivity contribution in [2.24, 2.45) is 0 Å². The number of carbonyl (C=O) groups excluding carboxylic acids is 1. The summed E-state index contributed by atoms with van der Waals surface area (Å²) in [5.41, 5.74) is 0. The first-order chi connectivity index (χ1) is 9.79. The Morgan fingerprint density at radius 2 is 2.30 bits per heavy atom. The summed E-state index contributed by atoms with van der Waals surface area (Å²) in [4.78, 5) is 14.3. The molecule has 0 aromatic carbocycles. The Balaban J connectivity index is 1.66. The van der Waals surface area contributed by atoms with Gasteiger partial charge in [0.1, 0.15) is 0 Å². The van der Waals surface area contributed by atoms with Gasteiger partial charge in [0.25, 0.3) is 0 Å². The predicted molar refractivity (Wildman–Crippen MR) is 79.8 cm³/mol. The molecule has 0 unspecified atom stereocenters. The van der Waals surface area contributed by atoms with Crippen molar-refractivity contribution in [3.63, 3.8) is 0 Å². The summed E-state index contributed by atoms with van der Waals surface area (Å²) in [6, 6.07) is 0.620. The van der Waals surface area contributed by atoms with Gasteiger partial charge in [-0.1, -0.05) is 12.2 Å². The van der Waals surface area contributed by atoms with Crippen molar-refractivity contribution >= 4 is 6.03 Å². The summed E-state index contributed by atoms with van der Waals surface area (Å²) in [5.74, 6) is 0. The number of nitrogens with one attached hydrogen (secondary N) is 2. The summed E-state index contributed by atoms with van der Waals surface area (Å²) >= 11 is 0. The smallest absolute Gasteiger partial charge is 0.315 e. The number of allylic oxidation sites excluding steroid dienone is 1. The fourth-order valence-corrected chi connectivity index (χ4v) is 2.99. The fourth-order valence-electron chi connectivity index (χ4n) is 2.99. The summed E-state index contributed by atoms with van der Waals surface area (Å²) in [6.07, 6.45) is 9.97. The van der Waals surface area contributed by atoms with Crippen LogP contribution in [-0.2, 0) is 4.74 Å². The number of amides is 2. The van der Waals surface area contributed by atoms with E-state index in [1.54, 1.807) is 7.11 Å². The number of hydrogen-bond acceptors (Lipinski definition) is 3. The first-order valence-electron chi connectivity index (χ1n) is 7.73. The zero-order chi connectivity index (χ0) is 14.2. The van der Waals surface area contributed by atoms with E-state index in [0.717, 1.165) is 51.9 Å². The number of hydrogen-bond donors (Lipinski definition) is 2. The van der Waals surface area contributed by atoms with E-state index in [-0.39, 0.29) is 12.1 Å². The van der Waals surface area contributed by atoms with Crippen LogP contribution < -0.4 is 10.6 Å². The van der Waals surface area contributed by atoms with Gasteiger partial charge >= 0.3 is 6.03 Å². The minimum absolute atomic E-state index is 0.0415. The normalized spacial score (nSPS) is 26.6. The van der Waals surface area contributed by atoms with Gasteiger partial charge in [0.15, 0.2) is 0 Å². The van der Waals surface area contributed by atoms with Crippen LogP contribution in [0.2, 0.25) is 0 Å². The van der Waals surface area contributed by atoms with Gasteiger partial charge in [-0.25, -0.2) is 4.79 Å². The molecule has 1 saturated heterocycles. The van der Waals surface area contributed by atoms with E-state index in [1.807, 2.05) is 0 Å². The molecular formula is C15H27N3O2. The topological polar surface area (TPSA) is 53.6 Å². The van der Waals surface area contributed by atoms with E-state index in [0.29, 0.717) is 6.04 Å². The Hall–Kier alpha value is -1.07. The zero-order valence-electron chi connectivity index (χ0n) is 12.4. The number of methoxy groups -OCH3 is 1. The highest BCUT2D eigenvalue weighted by Gasteiger charge is 2.24. The molecule has 1 aliphatic carbocycles. The molecule has 0 aromatic heterocycles. The summed E-state index contributed by atoms with van der Waals surface area (Å²) < 4.78 is 5.13. The first kappa shape index (κ1) is 15.3. The molecule has 2 amide bonds. The molecule has 0 aromatic rings. The molecule has 2 atom stereocenters. The molecule has 2 rings (SSSR count). The first-order valence-corrected chi connectivity index (χ1v) is 7.73. The highest BCUT2D eigenvalue weighted by Crippen LogP contribution is 2.16. The van der Waals surface area contributed by atoms with Crippen LogP contribution in [0, 0.1) is 0 Å². The zero-order valence-corrected chi connectivity index (χ0v) is 12.4. The fraction of sp³-hybridized carbons (Fsp3) is 0.800. The van der Waals surface area contributed by atoms with Gasteiger partial charge in [0.05, 0.1) is 6.61 Å². The Morgan fingerprint density at radius 1 is 1.40 bits per heavy atom. The summed E-state index contributed by atoms with van der Waals surface area (Å²) in [6.45, 7) is 3.56. The molecule has 5 nitrogen and oxygen atoms in total. The Morgan fingerprint density at radius 3 is 3.05 bits per heavy atom. The van der Waals surface area contributed by atoms with Crippen molar-refractivity contribution in [1.29, 1.82) is 0 Å². The number of nitrogens with zero attached hydrogens (tertiary/aromatic N) is 1. The summed E-state index contributed by atoms with van der Waals surface area (Å²) in [7, 11) is 1.73. The highest BCUT2D eigenvalue weighted by atomic mass is 16.5. The quantitative estimate of drug-likeness (QED) is 0.726. The van der Waals surface area contributed by atoms with Crippen LogP contribution in [0.25, 0.3) is 0 Å². The maximum atomic E-state index is 11.9. The molecule has 114 valence electrons. The van der Waals surface area contributed by atoms with E-state index in [1.165, 1.54) is 6.42 Å². The summed E-state index contributed by atoms with van der Waals surface area (Å²) in [5, 5.41) is 6.03. The second-order valence-electron chi connectivity index (χ2n) is 5.64. The van der Waals surface area contributed by atoms with Crippen LogP contribution in [0.4, 0.5) is 4.79 Å². The molecule has 20 heavy (non-hydrogen) atoms. The highest BCUT2D eigenvalue weighted by molar-refractivity contribution is 5.74. The van der Waals surface area contributed by atoms with E-state index in [2.05, 4.69) is 27.7 Å². The van der Waals surface area contributed by atoms with Crippen molar-refractivity contribution < 1.29 is 9.53 Å². The van der Waals surface area contributed by atoms with Gasteiger partial charge in [-0.15, -0.1) is 0 Å². The molecule has 0 bridgehead atoms. The molecular weight excluding hydrogens is 254 g/mol. The monoisotopic (exact) mass is 281 g/mol. The third kappa shape index (κ3) is 4.80. The lowest BCUT2D eigenvalue weighted by atomic mass is 10.0. The van der Waals surface area contributed by atoms with Gasteiger partial charge in [-0.05, 0) is 38.6 Å². The van der Waals surface area contributed by atoms with E-state index < -0.39 is 0 Å². The van der Waals surface area contributed by atoms with E-state index >= 15 is 0 Å². The SMILES string of the molecule is COCCN1CCC[C@H]1CNC(=O)N[C@H]1C=CCCC1. The lowest BCUT2D eigenvalue weighted by Crippen LogP contribution is -2.47. The maximum absolute atomic E-state index is 11.9. The van der Waals surface area contributed by atoms with Crippen LogP contribution in [0.5, 0.6) is 0 Å². The van der Waals surface area contributed by atoms with Crippen molar-refractivity contribution in [3.05, 3.63) is 12.2 Å². The average molecular weight is 281 g/mol. The van der Waals surface area contributed by atoms with E-state index in [9.17, 15) is 4.79 Å². The lowest BCUT2D eigenvalue weighted by Gasteiger charge is -2.25. The minimum Gasteiger partial charge on any atom is -0.383 e. The van der Waals surface area contributed by atoms with Crippen molar-refractivity contribution in [2.75, 3.05) is 33.4 Å². The Bertz CT molecular complexity index is 333. The number of carbonyl (C=O) groups is 1. The molecule has 1 aliphatic heterocycles. The van der Waals surface area contributed by atoms with Gasteiger partial charge in [0, 0.05) is 32.3 Å². The van der Waals surface area contributed by atoms with Gasteiger partial charge < -0.3 is 15.4 Å². The van der Waals surface area contributed by atoms with E-state index in [4.69, 9.17) is 4.74 Å². The molecule has 1 heterocycles. The number of likely N-dealkylation sites (tertiary alicyclic amines) is 1. The molecule has 5 heteroatoms. The van der Waals surface area contributed by atoms with Crippen LogP contribution in [0.1, 0.15) is 32.1 Å². The molecule has 1 fully saturated rings. The van der Waals surface area contributed by atoms with Gasteiger partial charge in [-0.3, -0.25) is 4.90 Å². The largest absolute Gasteiger partial charge is 0.383 e. The van der Waals surface area contributed by atoms with Crippen molar-refractivity contribution in [1.82, 2.24) is 15.5 Å². The molecule has 0 spiro atoms. The van der Waals surface area contributed by atoms with Crippen LogP contribution in [-0.4, -0.2) is 56.4 Å². The van der Waals surface area contributed by atoms with Gasteiger partial charge in [0.2, 0.25) is 0 Å². The van der Waals surface area contributed by atoms with Crippen molar-refractivity contribution in [2.45, 2.75) is 44.2 Å². The second kappa shape index (κ2) is 8.27. The second-order valence-corrected chi connectivity index (χ2v) is 5.64. The third-order valence-corrected chi connectivity index (χ3v) is 4.15. The number of ether oxygens (including phenoxy) is 1.